The van der Waals surface area contributed by atoms with Crippen LogP contribution in [0.25, 0.3) is 0 Å². The molecule has 0 N–H and O–H groups in total. The van der Waals surface area contributed by atoms with E-state index in [4.69, 9.17) is 58.8 Å². The molecule has 252 valence electrons. The van der Waals surface area contributed by atoms with Gasteiger partial charge in [-0.1, -0.05) is 0 Å². The summed E-state index contributed by atoms with van der Waals surface area (Å²) in [5.41, 5.74) is -0.749. The molecule has 0 spiro atoms. The second-order valence-electron chi connectivity index (χ2n) is 9.63. The van der Waals surface area contributed by atoms with Crippen molar-refractivity contribution >= 4 is 32.4 Å². The molecule has 0 radical (unpaired) electrons. The fourth-order valence-corrected chi connectivity index (χ4v) is 9.28. The molecule has 0 fully saturated rings. The van der Waals surface area contributed by atoms with Crippen LogP contribution >= 0.6 is 0 Å². The zero-order valence-corrected chi connectivity index (χ0v) is 30.4. The molecular weight excluding hydrogens is 609 g/mol. The maximum Gasteiger partial charge on any atom is 0.500 e. The first-order chi connectivity index (χ1) is 20.1. The third-order valence-corrected chi connectivity index (χ3v) is 15.4. The van der Waals surface area contributed by atoms with Crippen LogP contribution < -0.4 is 0 Å². The summed E-state index contributed by atoms with van der Waals surface area (Å²) in [4.78, 5) is 11.8. The van der Waals surface area contributed by atoms with E-state index in [1.165, 1.54) is 6.92 Å². The molecule has 0 atom stereocenters. The lowest BCUT2D eigenvalue weighted by Gasteiger charge is -2.33. The molecule has 0 aromatic carbocycles. The molecule has 0 amide bonds. The standard InChI is InChI=1S/C25H56O14Si3/c1-24(26)39-23-25(20-36-14-11-17-40(27-2,28-3)29-4,21-37-15-12-18-41(30-5,31-6)32-7)22-38-16-13-19-42(33-8,34-9)35-10/h11-23H2,1-10H3. The van der Waals surface area contributed by atoms with Gasteiger partial charge >= 0.3 is 32.4 Å². The molecule has 0 rings (SSSR count). The van der Waals surface area contributed by atoms with Crippen molar-refractivity contribution in [3.8, 4) is 0 Å². The summed E-state index contributed by atoms with van der Waals surface area (Å²) >= 11 is 0. The van der Waals surface area contributed by atoms with Crippen molar-refractivity contribution < 1.29 is 63.6 Å². The average Bonchev–Trinajstić information content (AvgIpc) is 3.02. The van der Waals surface area contributed by atoms with Crippen LogP contribution in [0.15, 0.2) is 0 Å². The van der Waals surface area contributed by atoms with E-state index >= 15 is 0 Å². The second-order valence-corrected chi connectivity index (χ2v) is 18.9. The second kappa shape index (κ2) is 23.0. The number of hydrogen-bond acceptors (Lipinski definition) is 14. The first-order valence-corrected chi connectivity index (χ1v) is 19.7. The monoisotopic (exact) mass is 664 g/mol. The molecule has 14 nitrogen and oxygen atoms in total. The lowest BCUT2D eigenvalue weighted by molar-refractivity contribution is -0.153. The summed E-state index contributed by atoms with van der Waals surface area (Å²) in [6.07, 6.45) is 1.97. The maximum absolute atomic E-state index is 11.8. The molecule has 0 saturated carbocycles. The van der Waals surface area contributed by atoms with Crippen molar-refractivity contribution in [3.63, 3.8) is 0 Å². The van der Waals surface area contributed by atoms with Gasteiger partial charge in [0.05, 0.1) is 25.2 Å². The maximum atomic E-state index is 11.8. The van der Waals surface area contributed by atoms with Gasteiger partial charge in [0.15, 0.2) is 0 Å². The van der Waals surface area contributed by atoms with E-state index < -0.39 is 37.8 Å². The highest BCUT2D eigenvalue weighted by atomic mass is 28.4. The first kappa shape index (κ1) is 41.6. The average molecular weight is 665 g/mol. The van der Waals surface area contributed by atoms with Gasteiger partial charge in [-0.15, -0.1) is 0 Å². The molecule has 0 aliphatic heterocycles. The van der Waals surface area contributed by atoms with Crippen LogP contribution in [-0.4, -0.2) is 143 Å². The molecule has 0 unspecified atom stereocenters. The summed E-state index contributed by atoms with van der Waals surface area (Å²) in [5, 5.41) is 0. The highest BCUT2D eigenvalue weighted by Crippen LogP contribution is 2.24. The Morgan fingerprint density at radius 1 is 0.476 bits per heavy atom. The van der Waals surface area contributed by atoms with E-state index in [1.54, 1.807) is 64.0 Å². The van der Waals surface area contributed by atoms with E-state index in [1.807, 2.05) is 0 Å². The van der Waals surface area contributed by atoms with E-state index in [0.29, 0.717) is 57.2 Å². The molecule has 0 aromatic heterocycles. The molecule has 17 heteroatoms. The highest BCUT2D eigenvalue weighted by molar-refractivity contribution is 6.61. The van der Waals surface area contributed by atoms with Gasteiger partial charge in [0.1, 0.15) is 6.61 Å². The largest absolute Gasteiger partial charge is 0.500 e. The predicted octanol–water partition coefficient (Wildman–Crippen LogP) is 2.39. The van der Waals surface area contributed by atoms with Crippen molar-refractivity contribution in [3.05, 3.63) is 0 Å². The molecule has 0 heterocycles. The summed E-state index contributed by atoms with van der Waals surface area (Å²) in [6.45, 7) is 3.40. The van der Waals surface area contributed by atoms with E-state index in [-0.39, 0.29) is 26.4 Å². The third-order valence-electron chi connectivity index (χ3n) is 6.92. The van der Waals surface area contributed by atoms with Crippen LogP contribution in [0.2, 0.25) is 18.1 Å². The minimum absolute atomic E-state index is 0.0645. The van der Waals surface area contributed by atoms with Crippen molar-refractivity contribution in [2.24, 2.45) is 5.41 Å². The number of esters is 1. The zero-order chi connectivity index (χ0) is 32.0. The van der Waals surface area contributed by atoms with Gasteiger partial charge in [-0.05, 0) is 19.3 Å². The van der Waals surface area contributed by atoms with Crippen LogP contribution in [0.4, 0.5) is 0 Å². The molecule has 0 saturated heterocycles. The van der Waals surface area contributed by atoms with Crippen LogP contribution in [0, 0.1) is 5.41 Å². The molecule has 0 bridgehead atoms. The Morgan fingerprint density at radius 3 is 0.952 bits per heavy atom. The van der Waals surface area contributed by atoms with Crippen molar-refractivity contribution in [2.75, 3.05) is 110 Å². The number of hydrogen-bond donors (Lipinski definition) is 0. The lowest BCUT2D eigenvalue weighted by Crippen LogP contribution is -2.44. The van der Waals surface area contributed by atoms with Crippen LogP contribution in [0.5, 0.6) is 0 Å². The third kappa shape index (κ3) is 15.1. The minimum Gasteiger partial charge on any atom is -0.465 e. The SMILES string of the molecule is CO[Si](CCCOCC(COCCC[Si](OC)(OC)OC)(COCCC[Si](OC)(OC)OC)COC(C)=O)(OC)OC. The number of carbonyl (C=O) groups is 1. The molecule has 0 aromatic rings. The van der Waals surface area contributed by atoms with Gasteiger partial charge in [0.25, 0.3) is 0 Å². The van der Waals surface area contributed by atoms with Crippen molar-refractivity contribution in [1.29, 1.82) is 0 Å². The van der Waals surface area contributed by atoms with Crippen LogP contribution in [0.3, 0.4) is 0 Å². The Kier molecular flexibility index (Phi) is 22.8. The number of ether oxygens (including phenoxy) is 4. The minimum atomic E-state index is -2.71. The van der Waals surface area contributed by atoms with Crippen LogP contribution in [-0.2, 0) is 63.6 Å². The smallest absolute Gasteiger partial charge is 0.465 e. The van der Waals surface area contributed by atoms with E-state index in [2.05, 4.69) is 0 Å². The van der Waals surface area contributed by atoms with Gasteiger partial charge in [-0.25, -0.2) is 0 Å². The quantitative estimate of drug-likeness (QED) is 0.0657. The first-order valence-electron chi connectivity index (χ1n) is 13.9. The highest BCUT2D eigenvalue weighted by Gasteiger charge is 2.40. The zero-order valence-electron chi connectivity index (χ0n) is 27.4. The Labute approximate surface area is 255 Å². The Balaban J connectivity index is 5.38. The lowest BCUT2D eigenvalue weighted by atomic mass is 9.92. The Morgan fingerprint density at radius 2 is 0.738 bits per heavy atom. The van der Waals surface area contributed by atoms with Gasteiger partial charge < -0.3 is 58.8 Å². The van der Waals surface area contributed by atoms with Gasteiger partial charge in [-0.2, -0.15) is 0 Å². The van der Waals surface area contributed by atoms with Gasteiger partial charge in [-0.3, -0.25) is 4.79 Å². The fourth-order valence-electron chi connectivity index (χ4n) is 4.21. The summed E-state index contributed by atoms with van der Waals surface area (Å²) < 4.78 is 73.1. The summed E-state index contributed by atoms with van der Waals surface area (Å²) in [6, 6.07) is 1.78. The summed E-state index contributed by atoms with van der Waals surface area (Å²) in [5.74, 6) is -0.400. The van der Waals surface area contributed by atoms with Crippen molar-refractivity contribution in [1.82, 2.24) is 0 Å². The summed E-state index contributed by atoms with van der Waals surface area (Å²) in [7, 11) is 6.09. The molecule has 0 aliphatic rings. The molecular formula is C25H56O14Si3. The number of rotatable bonds is 29. The Bertz CT molecular complexity index is 580. The van der Waals surface area contributed by atoms with Crippen molar-refractivity contribution in [2.45, 2.75) is 44.3 Å². The van der Waals surface area contributed by atoms with E-state index in [0.717, 1.165) is 0 Å². The Hall–Kier alpha value is -0.359. The van der Waals surface area contributed by atoms with Crippen LogP contribution in [0.1, 0.15) is 26.2 Å². The molecule has 42 heavy (non-hydrogen) atoms. The topological polar surface area (TPSA) is 137 Å². The molecule has 0 aliphatic carbocycles. The van der Waals surface area contributed by atoms with Gasteiger partial charge in [0.2, 0.25) is 0 Å². The van der Waals surface area contributed by atoms with E-state index in [9.17, 15) is 4.79 Å². The fraction of sp³-hybridized carbons (Fsp3) is 0.960. The van der Waals surface area contributed by atoms with Gasteiger partial charge in [0, 0.05) is 109 Å². The normalized spacial score (nSPS) is 13.1. The number of carbonyl (C=O) groups excluding carboxylic acids is 1. The predicted molar refractivity (Wildman–Crippen MR) is 160 cm³/mol.